The van der Waals surface area contributed by atoms with Crippen LogP contribution in [0.3, 0.4) is 0 Å². The minimum Gasteiger partial charge on any atom is -0.353 e. The van der Waals surface area contributed by atoms with E-state index in [1.807, 2.05) is 0 Å². The van der Waals surface area contributed by atoms with Crippen LogP contribution in [-0.4, -0.2) is 21.1 Å². The van der Waals surface area contributed by atoms with Crippen molar-refractivity contribution >= 4 is 11.6 Å². The smallest absolute Gasteiger partial charge is 0.243 e. The molecule has 0 spiro atoms. The van der Waals surface area contributed by atoms with Gasteiger partial charge in [-0.3, -0.25) is 0 Å². The van der Waals surface area contributed by atoms with Crippen LogP contribution in [0.5, 0.6) is 0 Å². The third kappa shape index (κ3) is 1.79. The number of rotatable bonds is 3. The van der Waals surface area contributed by atoms with Gasteiger partial charge < -0.3 is 5.32 Å². The van der Waals surface area contributed by atoms with E-state index in [1.165, 1.54) is 16.8 Å². The van der Waals surface area contributed by atoms with Gasteiger partial charge in [-0.05, 0) is 28.9 Å². The molecule has 19 heavy (non-hydrogen) atoms. The Bertz CT molecular complexity index is 615. The van der Waals surface area contributed by atoms with Gasteiger partial charge in [-0.2, -0.15) is 4.98 Å². The summed E-state index contributed by atoms with van der Waals surface area (Å²) in [6, 6.07) is 3.01. The van der Waals surface area contributed by atoms with Crippen molar-refractivity contribution in [2.45, 2.75) is 27.7 Å². The molecule has 102 valence electrons. The van der Waals surface area contributed by atoms with E-state index in [4.69, 9.17) is 0 Å². The van der Waals surface area contributed by atoms with E-state index >= 15 is 0 Å². The molecule has 0 saturated heterocycles. The second kappa shape index (κ2) is 3.68. The standard InChI is InChI=1S/C14H19FN4/c1-13(2)10(14(13,3)4)7-16-12-17-11-6-5-9(15)8-19(11)18-12/h5-6,8,10H,7H2,1-4H3,(H,16,18). The molecule has 0 bridgehead atoms. The zero-order valence-electron chi connectivity index (χ0n) is 11.7. The van der Waals surface area contributed by atoms with Crippen molar-refractivity contribution < 1.29 is 4.39 Å². The Balaban J connectivity index is 1.73. The van der Waals surface area contributed by atoms with Crippen molar-refractivity contribution in [3.05, 3.63) is 24.1 Å². The summed E-state index contributed by atoms with van der Waals surface area (Å²) in [7, 11) is 0. The molecule has 2 aromatic heterocycles. The van der Waals surface area contributed by atoms with Gasteiger partial charge in [0.2, 0.25) is 5.95 Å². The first-order valence-electron chi connectivity index (χ1n) is 6.58. The van der Waals surface area contributed by atoms with Crippen LogP contribution < -0.4 is 5.32 Å². The lowest BCUT2D eigenvalue weighted by Gasteiger charge is -2.04. The van der Waals surface area contributed by atoms with E-state index in [9.17, 15) is 4.39 Å². The van der Waals surface area contributed by atoms with Gasteiger partial charge in [0.05, 0.1) is 6.20 Å². The molecule has 0 atom stereocenters. The van der Waals surface area contributed by atoms with Gasteiger partial charge in [-0.1, -0.05) is 27.7 Å². The molecule has 0 amide bonds. The highest BCUT2D eigenvalue weighted by molar-refractivity contribution is 5.43. The predicted molar refractivity (Wildman–Crippen MR) is 72.5 cm³/mol. The highest BCUT2D eigenvalue weighted by Crippen LogP contribution is 2.68. The number of anilines is 1. The number of nitrogens with one attached hydrogen (secondary N) is 1. The molecule has 0 radical (unpaired) electrons. The van der Waals surface area contributed by atoms with Crippen LogP contribution in [-0.2, 0) is 0 Å². The maximum atomic E-state index is 13.1. The molecule has 1 aliphatic carbocycles. The lowest BCUT2D eigenvalue weighted by Crippen LogP contribution is -2.09. The Morgan fingerprint density at radius 1 is 1.26 bits per heavy atom. The first-order valence-corrected chi connectivity index (χ1v) is 6.58. The number of aromatic nitrogens is 3. The van der Waals surface area contributed by atoms with Crippen LogP contribution in [0.25, 0.3) is 5.65 Å². The van der Waals surface area contributed by atoms with E-state index in [0.29, 0.717) is 28.3 Å². The zero-order chi connectivity index (χ0) is 13.8. The highest BCUT2D eigenvalue weighted by Gasteiger charge is 2.64. The van der Waals surface area contributed by atoms with E-state index in [1.54, 1.807) is 6.07 Å². The molecule has 1 saturated carbocycles. The highest BCUT2D eigenvalue weighted by atomic mass is 19.1. The van der Waals surface area contributed by atoms with Crippen LogP contribution in [0, 0.1) is 22.6 Å². The Hall–Kier alpha value is -1.65. The zero-order valence-corrected chi connectivity index (χ0v) is 11.7. The number of pyridine rings is 1. The van der Waals surface area contributed by atoms with Crippen molar-refractivity contribution in [3.63, 3.8) is 0 Å². The Morgan fingerprint density at radius 2 is 1.95 bits per heavy atom. The number of hydrogen-bond donors (Lipinski definition) is 1. The summed E-state index contributed by atoms with van der Waals surface area (Å²) in [5, 5.41) is 7.48. The van der Waals surface area contributed by atoms with Gasteiger partial charge >= 0.3 is 0 Å². The van der Waals surface area contributed by atoms with Crippen molar-refractivity contribution in [2.24, 2.45) is 16.7 Å². The maximum Gasteiger partial charge on any atom is 0.243 e. The van der Waals surface area contributed by atoms with Gasteiger partial charge in [0.15, 0.2) is 5.65 Å². The predicted octanol–water partition coefficient (Wildman–Crippen LogP) is 2.96. The first-order chi connectivity index (χ1) is 8.82. The van der Waals surface area contributed by atoms with Gasteiger partial charge in [0.25, 0.3) is 0 Å². The van der Waals surface area contributed by atoms with Crippen LogP contribution in [0.15, 0.2) is 18.3 Å². The maximum absolute atomic E-state index is 13.1. The third-order valence-electron chi connectivity index (χ3n) is 5.08. The van der Waals surface area contributed by atoms with E-state index in [-0.39, 0.29) is 5.82 Å². The van der Waals surface area contributed by atoms with Gasteiger partial charge in [0, 0.05) is 6.54 Å². The minimum atomic E-state index is -0.312. The number of fused-ring (bicyclic) bond motifs is 1. The molecule has 4 nitrogen and oxygen atoms in total. The SMILES string of the molecule is CC1(C)C(CNc2nc3ccc(F)cn3n2)C1(C)C. The van der Waals surface area contributed by atoms with E-state index in [0.717, 1.165) is 6.54 Å². The average molecular weight is 262 g/mol. The Morgan fingerprint density at radius 3 is 2.58 bits per heavy atom. The summed E-state index contributed by atoms with van der Waals surface area (Å²) in [6.45, 7) is 9.98. The summed E-state index contributed by atoms with van der Waals surface area (Å²) >= 11 is 0. The van der Waals surface area contributed by atoms with Crippen molar-refractivity contribution in [2.75, 3.05) is 11.9 Å². The summed E-state index contributed by atoms with van der Waals surface area (Å²) in [5.74, 6) is 0.848. The summed E-state index contributed by atoms with van der Waals surface area (Å²) < 4.78 is 14.5. The van der Waals surface area contributed by atoms with E-state index < -0.39 is 0 Å². The molecule has 0 aromatic carbocycles. The van der Waals surface area contributed by atoms with Gasteiger partial charge in [-0.15, -0.1) is 5.10 Å². The second-order valence-electron chi connectivity index (χ2n) is 6.46. The Kier molecular flexibility index (Phi) is 2.40. The molecule has 5 heteroatoms. The molecular weight excluding hydrogens is 243 g/mol. The fourth-order valence-corrected chi connectivity index (χ4v) is 2.97. The third-order valence-corrected chi connectivity index (χ3v) is 5.08. The van der Waals surface area contributed by atoms with Crippen LogP contribution in [0.1, 0.15) is 27.7 Å². The number of hydrogen-bond acceptors (Lipinski definition) is 3. The second-order valence-corrected chi connectivity index (χ2v) is 6.46. The fraction of sp³-hybridized carbons (Fsp3) is 0.571. The molecule has 0 unspecified atom stereocenters. The average Bonchev–Trinajstić information content (AvgIpc) is 2.63. The van der Waals surface area contributed by atoms with Crippen molar-refractivity contribution in [3.8, 4) is 0 Å². The largest absolute Gasteiger partial charge is 0.353 e. The summed E-state index contributed by atoms with van der Waals surface area (Å²) in [6.07, 6.45) is 1.33. The molecule has 1 N–H and O–H groups in total. The van der Waals surface area contributed by atoms with Crippen LogP contribution >= 0.6 is 0 Å². The molecule has 3 rings (SSSR count). The molecule has 2 aromatic rings. The molecule has 2 heterocycles. The fourth-order valence-electron chi connectivity index (χ4n) is 2.97. The summed E-state index contributed by atoms with van der Waals surface area (Å²) in [5.41, 5.74) is 1.33. The minimum absolute atomic E-state index is 0.312. The van der Waals surface area contributed by atoms with E-state index in [2.05, 4.69) is 43.1 Å². The Labute approximate surface area is 112 Å². The molecular formula is C14H19FN4. The normalized spacial score (nSPS) is 20.7. The number of nitrogens with zero attached hydrogens (tertiary/aromatic N) is 3. The first kappa shape index (κ1) is 12.4. The summed E-state index contributed by atoms with van der Waals surface area (Å²) in [4.78, 5) is 4.32. The molecule has 1 aliphatic rings. The topological polar surface area (TPSA) is 42.2 Å². The van der Waals surface area contributed by atoms with Crippen LogP contribution in [0.4, 0.5) is 10.3 Å². The molecule has 0 aliphatic heterocycles. The van der Waals surface area contributed by atoms with Crippen molar-refractivity contribution in [1.82, 2.24) is 14.6 Å². The monoisotopic (exact) mass is 262 g/mol. The van der Waals surface area contributed by atoms with Crippen molar-refractivity contribution in [1.29, 1.82) is 0 Å². The number of halogens is 1. The lowest BCUT2D eigenvalue weighted by atomic mass is 10.0. The van der Waals surface area contributed by atoms with Gasteiger partial charge in [-0.25, -0.2) is 8.91 Å². The van der Waals surface area contributed by atoms with Gasteiger partial charge in [0.1, 0.15) is 5.82 Å². The lowest BCUT2D eigenvalue weighted by molar-refractivity contribution is 0.457. The molecule has 1 fully saturated rings. The quantitative estimate of drug-likeness (QED) is 0.924. The van der Waals surface area contributed by atoms with Crippen LogP contribution in [0.2, 0.25) is 0 Å².